The summed E-state index contributed by atoms with van der Waals surface area (Å²) >= 11 is 1.17. The highest BCUT2D eigenvalue weighted by molar-refractivity contribution is 7.99. The summed E-state index contributed by atoms with van der Waals surface area (Å²) < 4.78 is 1.93. The molecular weight excluding hydrogens is 276 g/mol. The minimum Gasteiger partial charge on any atom is -0.481 e. The third-order valence-electron chi connectivity index (χ3n) is 2.63. The fourth-order valence-corrected chi connectivity index (χ4v) is 2.43. The molecule has 2 rings (SSSR count). The van der Waals surface area contributed by atoms with Gasteiger partial charge in [0.2, 0.25) is 0 Å². The third-order valence-corrected chi connectivity index (χ3v) is 3.58. The molecule has 0 amide bonds. The Morgan fingerprint density at radius 2 is 2.20 bits per heavy atom. The molecule has 0 spiro atoms. The normalized spacial score (nSPS) is 10.9. The number of carboxylic acids is 1. The highest BCUT2D eigenvalue weighted by Crippen LogP contribution is 2.22. The molecule has 7 heteroatoms. The Labute approximate surface area is 121 Å². The Morgan fingerprint density at radius 1 is 1.40 bits per heavy atom. The molecule has 0 aliphatic heterocycles. The third kappa shape index (κ3) is 3.57. The molecule has 0 unspecified atom stereocenters. The Morgan fingerprint density at radius 3 is 2.80 bits per heavy atom. The lowest BCUT2D eigenvalue weighted by molar-refractivity contribution is -0.133. The van der Waals surface area contributed by atoms with Gasteiger partial charge in [0.05, 0.1) is 18.0 Å². The Balaban J connectivity index is 2.27. The monoisotopic (exact) mass is 292 g/mol. The topological polar surface area (TPSA) is 80.9 Å². The standard InChI is InChI=1S/C13H16N4O2S/c1-9(2)12-15-16-13(20-8-11(18)19)17(12)7-10-5-3-4-6-14-10/h3-6,9H,7-8H2,1-2H3,(H,18,19). The number of pyridine rings is 1. The van der Waals surface area contributed by atoms with Crippen molar-refractivity contribution in [2.24, 2.45) is 0 Å². The molecule has 20 heavy (non-hydrogen) atoms. The minimum atomic E-state index is -0.867. The molecule has 0 bridgehead atoms. The molecule has 2 heterocycles. The molecule has 1 N–H and O–H groups in total. The van der Waals surface area contributed by atoms with E-state index in [0.29, 0.717) is 11.7 Å². The van der Waals surface area contributed by atoms with Gasteiger partial charge < -0.3 is 5.11 Å². The number of hydrogen-bond donors (Lipinski definition) is 1. The highest BCUT2D eigenvalue weighted by Gasteiger charge is 2.16. The second kappa shape index (κ2) is 6.51. The molecule has 0 radical (unpaired) electrons. The summed E-state index contributed by atoms with van der Waals surface area (Å²) in [6.07, 6.45) is 1.73. The summed E-state index contributed by atoms with van der Waals surface area (Å²) in [5.41, 5.74) is 0.895. The largest absolute Gasteiger partial charge is 0.481 e. The Hall–Kier alpha value is -1.89. The van der Waals surface area contributed by atoms with E-state index in [9.17, 15) is 4.79 Å². The van der Waals surface area contributed by atoms with Crippen LogP contribution in [0.2, 0.25) is 0 Å². The lowest BCUT2D eigenvalue weighted by atomic mass is 10.2. The van der Waals surface area contributed by atoms with E-state index in [1.54, 1.807) is 6.20 Å². The van der Waals surface area contributed by atoms with Crippen molar-refractivity contribution in [2.75, 3.05) is 5.75 Å². The van der Waals surface area contributed by atoms with Crippen LogP contribution in [0, 0.1) is 0 Å². The van der Waals surface area contributed by atoms with Gasteiger partial charge in [0.25, 0.3) is 0 Å². The molecule has 0 aromatic carbocycles. The van der Waals surface area contributed by atoms with Crippen molar-refractivity contribution in [3.63, 3.8) is 0 Å². The predicted octanol–water partition coefficient (Wildman–Crippen LogP) is 2.02. The quantitative estimate of drug-likeness (QED) is 0.820. The van der Waals surface area contributed by atoms with Gasteiger partial charge >= 0.3 is 5.97 Å². The zero-order chi connectivity index (χ0) is 14.5. The van der Waals surface area contributed by atoms with Gasteiger partial charge in [-0.05, 0) is 12.1 Å². The predicted molar refractivity (Wildman–Crippen MR) is 75.8 cm³/mol. The van der Waals surface area contributed by atoms with Crippen LogP contribution in [0.3, 0.4) is 0 Å². The lowest BCUT2D eigenvalue weighted by Gasteiger charge is -2.11. The molecular formula is C13H16N4O2S. The summed E-state index contributed by atoms with van der Waals surface area (Å²) in [4.78, 5) is 15.0. The van der Waals surface area contributed by atoms with Gasteiger partial charge in [0, 0.05) is 12.1 Å². The zero-order valence-electron chi connectivity index (χ0n) is 11.4. The molecule has 0 fully saturated rings. The van der Waals surface area contributed by atoms with Crippen LogP contribution in [0.15, 0.2) is 29.6 Å². The molecule has 2 aromatic heterocycles. The van der Waals surface area contributed by atoms with Gasteiger partial charge in [-0.3, -0.25) is 14.3 Å². The van der Waals surface area contributed by atoms with E-state index in [1.807, 2.05) is 36.6 Å². The van der Waals surface area contributed by atoms with E-state index in [1.165, 1.54) is 11.8 Å². The number of hydrogen-bond acceptors (Lipinski definition) is 5. The number of carbonyl (C=O) groups is 1. The van der Waals surface area contributed by atoms with Crippen LogP contribution in [0.25, 0.3) is 0 Å². The van der Waals surface area contributed by atoms with Crippen molar-refractivity contribution in [2.45, 2.75) is 31.5 Å². The molecule has 0 aliphatic rings. The second-order valence-electron chi connectivity index (χ2n) is 4.59. The smallest absolute Gasteiger partial charge is 0.313 e. The van der Waals surface area contributed by atoms with E-state index in [0.717, 1.165) is 11.5 Å². The Bertz CT molecular complexity index is 583. The lowest BCUT2D eigenvalue weighted by Crippen LogP contribution is -2.10. The first kappa shape index (κ1) is 14.5. The summed E-state index contributed by atoms with van der Waals surface area (Å²) in [7, 11) is 0. The Kier molecular flexibility index (Phi) is 4.73. The van der Waals surface area contributed by atoms with Gasteiger partial charge in [-0.25, -0.2) is 0 Å². The molecule has 0 aliphatic carbocycles. The second-order valence-corrected chi connectivity index (χ2v) is 5.53. The van der Waals surface area contributed by atoms with Crippen LogP contribution in [0.1, 0.15) is 31.3 Å². The highest BCUT2D eigenvalue weighted by atomic mass is 32.2. The summed E-state index contributed by atoms with van der Waals surface area (Å²) in [5.74, 6) is 0.153. The number of rotatable bonds is 6. The molecule has 6 nitrogen and oxygen atoms in total. The summed E-state index contributed by atoms with van der Waals surface area (Å²) in [5, 5.41) is 17.6. The molecule has 0 saturated heterocycles. The maximum atomic E-state index is 10.7. The molecule has 0 saturated carbocycles. The number of thioether (sulfide) groups is 1. The maximum Gasteiger partial charge on any atom is 0.313 e. The first-order chi connectivity index (χ1) is 9.58. The van der Waals surface area contributed by atoms with E-state index < -0.39 is 5.97 Å². The molecule has 0 atom stereocenters. The number of aromatic nitrogens is 4. The van der Waals surface area contributed by atoms with Gasteiger partial charge in [0.1, 0.15) is 5.82 Å². The fourth-order valence-electron chi connectivity index (χ4n) is 1.76. The SMILES string of the molecule is CC(C)c1nnc(SCC(=O)O)n1Cc1ccccn1. The van der Waals surface area contributed by atoms with Crippen molar-refractivity contribution in [1.29, 1.82) is 0 Å². The summed E-state index contributed by atoms with van der Waals surface area (Å²) in [6.45, 7) is 4.61. The maximum absolute atomic E-state index is 10.7. The average Bonchev–Trinajstić information content (AvgIpc) is 2.80. The number of aliphatic carboxylic acids is 1. The van der Waals surface area contributed by atoms with Crippen LogP contribution in [0.5, 0.6) is 0 Å². The first-order valence-corrected chi connectivity index (χ1v) is 7.24. The van der Waals surface area contributed by atoms with Crippen LogP contribution in [0.4, 0.5) is 0 Å². The van der Waals surface area contributed by atoms with Crippen molar-refractivity contribution in [3.8, 4) is 0 Å². The average molecular weight is 292 g/mol. The van der Waals surface area contributed by atoms with Gasteiger partial charge in [-0.15, -0.1) is 10.2 Å². The molecule has 2 aromatic rings. The van der Waals surface area contributed by atoms with Crippen molar-refractivity contribution in [3.05, 3.63) is 35.9 Å². The fraction of sp³-hybridized carbons (Fsp3) is 0.385. The number of nitrogens with zero attached hydrogens (tertiary/aromatic N) is 4. The van der Waals surface area contributed by atoms with Crippen LogP contribution in [-0.2, 0) is 11.3 Å². The van der Waals surface area contributed by atoms with E-state index >= 15 is 0 Å². The molecule has 106 valence electrons. The summed E-state index contributed by atoms with van der Waals surface area (Å²) in [6, 6.07) is 5.71. The van der Waals surface area contributed by atoms with Crippen molar-refractivity contribution >= 4 is 17.7 Å². The minimum absolute atomic E-state index is 0.0293. The van der Waals surface area contributed by atoms with Crippen molar-refractivity contribution in [1.82, 2.24) is 19.7 Å². The van der Waals surface area contributed by atoms with Crippen molar-refractivity contribution < 1.29 is 9.90 Å². The first-order valence-electron chi connectivity index (χ1n) is 6.25. The van der Waals surface area contributed by atoms with Gasteiger partial charge in [-0.2, -0.15) is 0 Å². The van der Waals surface area contributed by atoms with Crippen LogP contribution >= 0.6 is 11.8 Å². The van der Waals surface area contributed by atoms with E-state index in [4.69, 9.17) is 5.11 Å². The number of carboxylic acid groups (broad SMARTS) is 1. The van der Waals surface area contributed by atoms with Crippen LogP contribution in [-0.4, -0.2) is 36.6 Å². The van der Waals surface area contributed by atoms with Gasteiger partial charge in [0.15, 0.2) is 5.16 Å². The van der Waals surface area contributed by atoms with E-state index in [-0.39, 0.29) is 11.7 Å². The van der Waals surface area contributed by atoms with Gasteiger partial charge in [-0.1, -0.05) is 31.7 Å². The van der Waals surface area contributed by atoms with E-state index in [2.05, 4.69) is 15.2 Å². The zero-order valence-corrected chi connectivity index (χ0v) is 12.2. The van der Waals surface area contributed by atoms with Crippen LogP contribution < -0.4 is 0 Å².